The number of carbonyl (C=O) groups excluding carboxylic acids is 1. The Morgan fingerprint density at radius 2 is 2.42 bits per heavy atom. The maximum atomic E-state index is 11.3. The fraction of sp³-hybridized carbons (Fsp3) is 0.889. The molecule has 0 bridgehead atoms. The van der Waals surface area contributed by atoms with Crippen molar-refractivity contribution in [3.8, 4) is 0 Å². The summed E-state index contributed by atoms with van der Waals surface area (Å²) in [6.45, 7) is 6.59. The van der Waals surface area contributed by atoms with E-state index in [4.69, 9.17) is 0 Å². The molecule has 1 N–H and O–H groups in total. The number of unbranched alkanes of at least 4 members (excludes halogenated alkanes) is 1. The number of piperazine rings is 1. The molecule has 0 aromatic rings. The number of nitrogens with zero attached hydrogens (tertiary/aromatic N) is 1. The monoisotopic (exact) mass is 170 g/mol. The molecule has 1 fully saturated rings. The lowest BCUT2D eigenvalue weighted by molar-refractivity contribution is -0.132. The molecular formula is C9H18N2O. The molecule has 1 aliphatic heterocycles. The second-order valence-electron chi connectivity index (χ2n) is 3.48. The quantitative estimate of drug-likeness (QED) is 0.673. The van der Waals surface area contributed by atoms with Crippen LogP contribution in [0.1, 0.15) is 26.7 Å². The summed E-state index contributed by atoms with van der Waals surface area (Å²) in [4.78, 5) is 13.3. The zero-order chi connectivity index (χ0) is 8.97. The Morgan fingerprint density at radius 1 is 1.67 bits per heavy atom. The van der Waals surface area contributed by atoms with E-state index in [0.29, 0.717) is 12.6 Å². The standard InChI is InChI=1S/C9H18N2O/c1-3-4-5-11-7-8(2)10-6-9(11)12/h8,10H,3-7H2,1-2H3. The number of nitrogens with one attached hydrogen (secondary N) is 1. The molecule has 0 aromatic heterocycles. The highest BCUT2D eigenvalue weighted by Crippen LogP contribution is 2.02. The van der Waals surface area contributed by atoms with Gasteiger partial charge in [0.15, 0.2) is 0 Å². The highest BCUT2D eigenvalue weighted by molar-refractivity contribution is 5.79. The predicted octanol–water partition coefficient (Wildman–Crippen LogP) is 0.607. The minimum Gasteiger partial charge on any atom is -0.340 e. The van der Waals surface area contributed by atoms with Crippen molar-refractivity contribution < 1.29 is 4.79 Å². The molecule has 1 aliphatic rings. The Kier molecular flexibility index (Phi) is 3.53. The van der Waals surface area contributed by atoms with Gasteiger partial charge in [-0.3, -0.25) is 4.79 Å². The number of hydrogen-bond acceptors (Lipinski definition) is 2. The van der Waals surface area contributed by atoms with E-state index in [1.165, 1.54) is 0 Å². The molecule has 1 unspecified atom stereocenters. The van der Waals surface area contributed by atoms with Crippen LogP contribution in [-0.2, 0) is 4.79 Å². The summed E-state index contributed by atoms with van der Waals surface area (Å²) >= 11 is 0. The van der Waals surface area contributed by atoms with Crippen molar-refractivity contribution in [1.29, 1.82) is 0 Å². The Bertz CT molecular complexity index is 159. The summed E-state index contributed by atoms with van der Waals surface area (Å²) in [5.74, 6) is 0.251. The summed E-state index contributed by atoms with van der Waals surface area (Å²) in [7, 11) is 0. The van der Waals surface area contributed by atoms with Gasteiger partial charge in [0, 0.05) is 19.1 Å². The van der Waals surface area contributed by atoms with Crippen LogP contribution in [0.4, 0.5) is 0 Å². The molecule has 12 heavy (non-hydrogen) atoms. The maximum absolute atomic E-state index is 11.3. The van der Waals surface area contributed by atoms with E-state index in [-0.39, 0.29) is 5.91 Å². The zero-order valence-electron chi connectivity index (χ0n) is 7.97. The van der Waals surface area contributed by atoms with Crippen molar-refractivity contribution in [3.63, 3.8) is 0 Å². The largest absolute Gasteiger partial charge is 0.340 e. The van der Waals surface area contributed by atoms with Crippen molar-refractivity contribution in [2.75, 3.05) is 19.6 Å². The second-order valence-corrected chi connectivity index (χ2v) is 3.48. The number of amides is 1. The SMILES string of the molecule is CCCCN1CC(C)NCC1=O. The highest BCUT2D eigenvalue weighted by Gasteiger charge is 2.20. The molecule has 1 amide bonds. The first-order chi connectivity index (χ1) is 5.74. The second kappa shape index (κ2) is 4.45. The van der Waals surface area contributed by atoms with E-state index in [2.05, 4.69) is 19.2 Å². The van der Waals surface area contributed by atoms with Crippen LogP contribution in [0.2, 0.25) is 0 Å². The highest BCUT2D eigenvalue weighted by atomic mass is 16.2. The van der Waals surface area contributed by atoms with Crippen molar-refractivity contribution in [3.05, 3.63) is 0 Å². The van der Waals surface area contributed by atoms with E-state index >= 15 is 0 Å². The van der Waals surface area contributed by atoms with E-state index in [9.17, 15) is 4.79 Å². The third-order valence-electron chi connectivity index (χ3n) is 2.23. The van der Waals surface area contributed by atoms with E-state index < -0.39 is 0 Å². The summed E-state index contributed by atoms with van der Waals surface area (Å²) in [6, 6.07) is 0.458. The summed E-state index contributed by atoms with van der Waals surface area (Å²) in [6.07, 6.45) is 2.28. The minimum atomic E-state index is 0.251. The fourth-order valence-corrected chi connectivity index (χ4v) is 1.44. The average molecular weight is 170 g/mol. The molecule has 3 heteroatoms. The van der Waals surface area contributed by atoms with Gasteiger partial charge in [-0.25, -0.2) is 0 Å². The molecule has 1 saturated heterocycles. The van der Waals surface area contributed by atoms with E-state index in [0.717, 1.165) is 25.9 Å². The molecular weight excluding hydrogens is 152 g/mol. The van der Waals surface area contributed by atoms with Gasteiger partial charge in [0.1, 0.15) is 0 Å². The first-order valence-corrected chi connectivity index (χ1v) is 4.75. The predicted molar refractivity (Wildman–Crippen MR) is 49.0 cm³/mol. The summed E-state index contributed by atoms with van der Waals surface area (Å²) in [5, 5.41) is 3.15. The molecule has 0 aromatic carbocycles. The van der Waals surface area contributed by atoms with Crippen LogP contribution in [0.3, 0.4) is 0 Å². The molecule has 1 rings (SSSR count). The van der Waals surface area contributed by atoms with Crippen LogP contribution < -0.4 is 5.32 Å². The average Bonchev–Trinajstić information content (AvgIpc) is 2.07. The zero-order valence-corrected chi connectivity index (χ0v) is 7.97. The smallest absolute Gasteiger partial charge is 0.236 e. The Labute approximate surface area is 74.1 Å². The van der Waals surface area contributed by atoms with Gasteiger partial charge in [-0.05, 0) is 13.3 Å². The molecule has 0 aliphatic carbocycles. The number of carbonyl (C=O) groups is 1. The van der Waals surface area contributed by atoms with Gasteiger partial charge in [0.2, 0.25) is 5.91 Å². The summed E-state index contributed by atoms with van der Waals surface area (Å²) < 4.78 is 0. The van der Waals surface area contributed by atoms with Crippen LogP contribution in [-0.4, -0.2) is 36.5 Å². The van der Waals surface area contributed by atoms with Crippen molar-refractivity contribution >= 4 is 5.91 Å². The molecule has 70 valence electrons. The lowest BCUT2D eigenvalue weighted by Crippen LogP contribution is -2.52. The topological polar surface area (TPSA) is 32.3 Å². The van der Waals surface area contributed by atoms with Crippen LogP contribution in [0.25, 0.3) is 0 Å². The fourth-order valence-electron chi connectivity index (χ4n) is 1.44. The van der Waals surface area contributed by atoms with Gasteiger partial charge < -0.3 is 10.2 Å². The lowest BCUT2D eigenvalue weighted by Gasteiger charge is -2.31. The normalized spacial score (nSPS) is 24.7. The molecule has 1 heterocycles. The third kappa shape index (κ3) is 2.48. The molecule has 1 atom stereocenters. The third-order valence-corrected chi connectivity index (χ3v) is 2.23. The van der Waals surface area contributed by atoms with Crippen LogP contribution in [0, 0.1) is 0 Å². The van der Waals surface area contributed by atoms with Crippen molar-refractivity contribution in [2.45, 2.75) is 32.7 Å². The molecule has 0 radical (unpaired) electrons. The van der Waals surface area contributed by atoms with Crippen molar-refractivity contribution in [1.82, 2.24) is 10.2 Å². The van der Waals surface area contributed by atoms with Crippen molar-refractivity contribution in [2.24, 2.45) is 0 Å². The van der Waals surface area contributed by atoms with Gasteiger partial charge in [0.25, 0.3) is 0 Å². The maximum Gasteiger partial charge on any atom is 0.236 e. The van der Waals surface area contributed by atoms with Gasteiger partial charge in [-0.2, -0.15) is 0 Å². The van der Waals surface area contributed by atoms with Gasteiger partial charge in [0.05, 0.1) is 6.54 Å². The molecule has 0 saturated carbocycles. The van der Waals surface area contributed by atoms with E-state index in [1.54, 1.807) is 0 Å². The number of rotatable bonds is 3. The van der Waals surface area contributed by atoms with E-state index in [1.807, 2.05) is 4.90 Å². The van der Waals surface area contributed by atoms with Gasteiger partial charge in [-0.15, -0.1) is 0 Å². The first kappa shape index (κ1) is 9.52. The minimum absolute atomic E-state index is 0.251. The van der Waals surface area contributed by atoms with Gasteiger partial charge in [-0.1, -0.05) is 13.3 Å². The lowest BCUT2D eigenvalue weighted by atomic mass is 10.2. The Balaban J connectivity index is 2.33. The summed E-state index contributed by atoms with van der Waals surface area (Å²) in [5.41, 5.74) is 0. The Hall–Kier alpha value is -0.570. The first-order valence-electron chi connectivity index (χ1n) is 4.75. The number of hydrogen-bond donors (Lipinski definition) is 1. The van der Waals surface area contributed by atoms with Crippen LogP contribution >= 0.6 is 0 Å². The molecule has 0 spiro atoms. The Morgan fingerprint density at radius 3 is 3.08 bits per heavy atom. The van der Waals surface area contributed by atoms with Gasteiger partial charge >= 0.3 is 0 Å². The van der Waals surface area contributed by atoms with Crippen LogP contribution in [0.5, 0.6) is 0 Å². The molecule has 3 nitrogen and oxygen atoms in total. The van der Waals surface area contributed by atoms with Crippen LogP contribution in [0.15, 0.2) is 0 Å².